The molecule has 1 aromatic rings. The van der Waals surface area contributed by atoms with Gasteiger partial charge in [-0.15, -0.1) is 0 Å². The van der Waals surface area contributed by atoms with Crippen molar-refractivity contribution in [1.82, 2.24) is 5.32 Å². The molecule has 0 radical (unpaired) electrons. The molecule has 4 nitrogen and oxygen atoms in total. The van der Waals surface area contributed by atoms with Crippen molar-refractivity contribution in [3.05, 3.63) is 29.8 Å². The Morgan fingerprint density at radius 3 is 2.74 bits per heavy atom. The summed E-state index contributed by atoms with van der Waals surface area (Å²) in [7, 11) is 0. The van der Waals surface area contributed by atoms with E-state index in [1.54, 1.807) is 0 Å². The zero-order valence-electron chi connectivity index (χ0n) is 11.6. The molecule has 0 amide bonds. The number of nitrogens with one attached hydrogen (secondary N) is 1. The summed E-state index contributed by atoms with van der Waals surface area (Å²) < 4.78 is 5.39. The van der Waals surface area contributed by atoms with Crippen molar-refractivity contribution in [2.45, 2.75) is 32.9 Å². The van der Waals surface area contributed by atoms with E-state index in [1.807, 2.05) is 30.3 Å². The molecule has 2 N–H and O–H groups in total. The first-order valence-corrected chi connectivity index (χ1v) is 6.61. The van der Waals surface area contributed by atoms with Gasteiger partial charge in [0.05, 0.1) is 0 Å². The molecule has 0 bridgehead atoms. The number of hydrogen-bond donors (Lipinski definition) is 2. The van der Waals surface area contributed by atoms with Gasteiger partial charge in [-0.25, -0.2) is 0 Å². The average Bonchev–Trinajstić information content (AvgIpc) is 2.41. The fourth-order valence-corrected chi connectivity index (χ4v) is 1.95. The molecule has 0 aromatic heterocycles. The van der Waals surface area contributed by atoms with Crippen LogP contribution in [0.1, 0.15) is 25.8 Å². The van der Waals surface area contributed by atoms with Crippen molar-refractivity contribution in [1.29, 1.82) is 5.26 Å². The maximum Gasteiger partial charge on any atom is 0.174 e. The summed E-state index contributed by atoms with van der Waals surface area (Å²) in [5.74, 6) is 1.20. The second kappa shape index (κ2) is 8.52. The molecule has 104 valence electrons. The fraction of sp³-hybridized carbons (Fsp3) is 0.533. The van der Waals surface area contributed by atoms with Gasteiger partial charge >= 0.3 is 0 Å². The highest BCUT2D eigenvalue weighted by atomic mass is 16.5. The van der Waals surface area contributed by atoms with Crippen molar-refractivity contribution >= 4 is 0 Å². The van der Waals surface area contributed by atoms with E-state index in [1.165, 1.54) is 0 Å². The smallest absolute Gasteiger partial charge is 0.174 e. The lowest BCUT2D eigenvalue weighted by atomic mass is 10.0. The summed E-state index contributed by atoms with van der Waals surface area (Å²) >= 11 is 0. The Kier molecular flexibility index (Phi) is 6.94. The van der Waals surface area contributed by atoms with Crippen LogP contribution in [0.25, 0.3) is 0 Å². The molecule has 0 fully saturated rings. The Balaban J connectivity index is 2.63. The van der Waals surface area contributed by atoms with Crippen molar-refractivity contribution in [2.75, 3.05) is 13.2 Å². The van der Waals surface area contributed by atoms with Crippen molar-refractivity contribution in [3.63, 3.8) is 0 Å². The predicted molar refractivity (Wildman–Crippen MR) is 74.7 cm³/mol. The second-order valence-corrected chi connectivity index (χ2v) is 4.80. The minimum atomic E-state index is 0.0568. The largest absolute Gasteiger partial charge is 0.478 e. The molecule has 0 heterocycles. The van der Waals surface area contributed by atoms with Crippen molar-refractivity contribution in [2.24, 2.45) is 5.92 Å². The first-order valence-electron chi connectivity index (χ1n) is 6.61. The summed E-state index contributed by atoms with van der Waals surface area (Å²) in [6, 6.07) is 9.94. The average molecular weight is 262 g/mol. The molecule has 4 heteroatoms. The van der Waals surface area contributed by atoms with Gasteiger partial charge in [-0.1, -0.05) is 32.0 Å². The fourth-order valence-electron chi connectivity index (χ4n) is 1.95. The lowest BCUT2D eigenvalue weighted by Crippen LogP contribution is -2.34. The SMILES string of the molecule is CC(C)C(CCO)NCc1ccccc1OCC#N. The van der Waals surface area contributed by atoms with E-state index < -0.39 is 0 Å². The van der Waals surface area contributed by atoms with Gasteiger partial charge in [0.25, 0.3) is 0 Å². The van der Waals surface area contributed by atoms with Crippen molar-refractivity contribution in [3.8, 4) is 11.8 Å². The van der Waals surface area contributed by atoms with E-state index in [-0.39, 0.29) is 19.3 Å². The third-order valence-electron chi connectivity index (χ3n) is 3.06. The van der Waals surface area contributed by atoms with E-state index in [4.69, 9.17) is 15.1 Å². The Labute approximate surface area is 115 Å². The molecule has 19 heavy (non-hydrogen) atoms. The van der Waals surface area contributed by atoms with Crippen LogP contribution in [-0.2, 0) is 6.54 Å². The lowest BCUT2D eigenvalue weighted by molar-refractivity contribution is 0.243. The van der Waals surface area contributed by atoms with E-state index in [2.05, 4.69) is 19.2 Å². The van der Waals surface area contributed by atoms with E-state index in [0.717, 1.165) is 17.7 Å². The first-order chi connectivity index (χ1) is 9.19. The highest BCUT2D eigenvalue weighted by Gasteiger charge is 2.13. The number of hydrogen-bond acceptors (Lipinski definition) is 4. The van der Waals surface area contributed by atoms with E-state index >= 15 is 0 Å². The van der Waals surface area contributed by atoms with Gasteiger partial charge in [0.1, 0.15) is 11.8 Å². The van der Waals surface area contributed by atoms with Crippen molar-refractivity contribution < 1.29 is 9.84 Å². The highest BCUT2D eigenvalue weighted by Crippen LogP contribution is 2.18. The molecular weight excluding hydrogens is 240 g/mol. The maximum atomic E-state index is 9.05. The minimum Gasteiger partial charge on any atom is -0.478 e. The molecule has 0 saturated heterocycles. The molecule has 0 aliphatic rings. The monoisotopic (exact) mass is 262 g/mol. The normalized spacial score (nSPS) is 12.2. The minimum absolute atomic E-state index is 0.0568. The summed E-state index contributed by atoms with van der Waals surface area (Å²) in [6.07, 6.45) is 0.735. The van der Waals surface area contributed by atoms with Crippen LogP contribution >= 0.6 is 0 Å². The zero-order valence-corrected chi connectivity index (χ0v) is 11.6. The number of ether oxygens (including phenoxy) is 1. The topological polar surface area (TPSA) is 65.3 Å². The van der Waals surface area contributed by atoms with Crippen LogP contribution < -0.4 is 10.1 Å². The molecule has 0 aliphatic carbocycles. The van der Waals surface area contributed by atoms with E-state index in [9.17, 15) is 0 Å². The maximum absolute atomic E-state index is 9.05. The van der Waals surface area contributed by atoms with Crippen LogP contribution in [0.5, 0.6) is 5.75 Å². The van der Waals surface area contributed by atoms with Gasteiger partial charge in [-0.3, -0.25) is 0 Å². The van der Waals surface area contributed by atoms with Crippen LogP contribution in [-0.4, -0.2) is 24.4 Å². The number of benzene rings is 1. The highest BCUT2D eigenvalue weighted by molar-refractivity contribution is 5.33. The van der Waals surface area contributed by atoms with Gasteiger partial charge in [-0.2, -0.15) is 5.26 Å². The number of para-hydroxylation sites is 1. The zero-order chi connectivity index (χ0) is 14.1. The van der Waals surface area contributed by atoms with Gasteiger partial charge < -0.3 is 15.2 Å². The predicted octanol–water partition coefficient (Wildman–Crippen LogP) is 2.09. The number of aliphatic hydroxyl groups is 1. The van der Waals surface area contributed by atoms with Crippen LogP contribution in [0, 0.1) is 17.2 Å². The molecule has 0 spiro atoms. The third-order valence-corrected chi connectivity index (χ3v) is 3.06. The number of nitrogens with zero attached hydrogens (tertiary/aromatic N) is 1. The van der Waals surface area contributed by atoms with Gasteiger partial charge in [0, 0.05) is 24.8 Å². The quantitative estimate of drug-likeness (QED) is 0.753. The van der Waals surface area contributed by atoms with Crippen LogP contribution in [0.4, 0.5) is 0 Å². The number of aliphatic hydroxyl groups excluding tert-OH is 1. The Hall–Kier alpha value is -1.57. The molecule has 1 atom stereocenters. The molecule has 0 aliphatic heterocycles. The van der Waals surface area contributed by atoms with Crippen LogP contribution in [0.3, 0.4) is 0 Å². The summed E-state index contributed by atoms with van der Waals surface area (Å²) in [6.45, 7) is 5.17. The second-order valence-electron chi connectivity index (χ2n) is 4.80. The lowest BCUT2D eigenvalue weighted by Gasteiger charge is -2.22. The summed E-state index contributed by atoms with van der Waals surface area (Å²) in [4.78, 5) is 0. The van der Waals surface area contributed by atoms with Gasteiger partial charge in [0.15, 0.2) is 6.61 Å². The van der Waals surface area contributed by atoms with Crippen LogP contribution in [0.15, 0.2) is 24.3 Å². The molecule has 1 unspecified atom stereocenters. The molecule has 0 saturated carbocycles. The van der Waals surface area contributed by atoms with E-state index in [0.29, 0.717) is 12.5 Å². The summed E-state index contributed by atoms with van der Waals surface area (Å²) in [5.41, 5.74) is 1.03. The summed E-state index contributed by atoms with van der Waals surface area (Å²) in [5, 5.41) is 21.0. The molecule has 1 rings (SSSR count). The van der Waals surface area contributed by atoms with Crippen LogP contribution in [0.2, 0.25) is 0 Å². The number of rotatable bonds is 8. The Bertz CT molecular complexity index is 413. The first kappa shape index (κ1) is 15.5. The number of nitriles is 1. The third kappa shape index (κ3) is 5.29. The van der Waals surface area contributed by atoms with Gasteiger partial charge in [0.2, 0.25) is 0 Å². The van der Waals surface area contributed by atoms with Gasteiger partial charge in [-0.05, 0) is 18.4 Å². The Morgan fingerprint density at radius 2 is 2.11 bits per heavy atom. The Morgan fingerprint density at radius 1 is 1.37 bits per heavy atom. The standard InChI is InChI=1S/C15H22N2O2/c1-12(2)14(7-9-18)17-11-13-5-3-4-6-15(13)19-10-8-16/h3-6,12,14,17-18H,7,9-11H2,1-2H3. The molecule has 1 aromatic carbocycles. The molecular formula is C15H22N2O2.